The van der Waals surface area contributed by atoms with Crippen molar-refractivity contribution in [2.75, 3.05) is 25.4 Å². The van der Waals surface area contributed by atoms with Gasteiger partial charge in [-0.15, -0.1) is 11.3 Å². The fourth-order valence-electron chi connectivity index (χ4n) is 4.34. The van der Waals surface area contributed by atoms with Crippen LogP contribution in [0, 0.1) is 0 Å². The van der Waals surface area contributed by atoms with Crippen LogP contribution < -0.4 is 5.73 Å². The molecule has 2 aliphatic heterocycles. The van der Waals surface area contributed by atoms with E-state index >= 15 is 0 Å². The van der Waals surface area contributed by atoms with E-state index in [-0.39, 0.29) is 17.3 Å². The summed E-state index contributed by atoms with van der Waals surface area (Å²) in [7, 11) is 0. The number of piperidine rings is 1. The van der Waals surface area contributed by atoms with Crippen molar-refractivity contribution in [2.45, 2.75) is 24.9 Å². The normalized spacial score (nSPS) is 17.7. The smallest absolute Gasteiger partial charge is 0.255 e. The summed E-state index contributed by atoms with van der Waals surface area (Å²) >= 11 is 1.76. The molecular weight excluding hydrogens is 400 g/mol. The zero-order valence-corrected chi connectivity index (χ0v) is 17.2. The minimum absolute atomic E-state index is 0.00412. The molecule has 3 N–H and O–H groups in total. The fraction of sp³-hybridized carbons (Fsp3) is 0.318. The molecule has 154 valence electrons. The van der Waals surface area contributed by atoms with E-state index in [1.807, 2.05) is 17.0 Å². The van der Waals surface area contributed by atoms with Gasteiger partial charge in [0, 0.05) is 30.6 Å². The number of pyridine rings is 2. The standard InChI is InChI=1S/C22H22N4O3S/c23-20-3-1-2-17(25-20)19-11-16-18(30-19)4-9-29-22(16)5-7-26(8-6-22)21(28)14-10-15(27)13-24-12-14/h1-3,10-13,27H,4-9H2,(H2,23,25). The maximum Gasteiger partial charge on any atom is 0.255 e. The van der Waals surface area contributed by atoms with Crippen LogP contribution in [-0.2, 0) is 16.8 Å². The molecule has 0 aliphatic carbocycles. The second kappa shape index (κ2) is 7.37. The largest absolute Gasteiger partial charge is 0.506 e. The first-order valence-electron chi connectivity index (χ1n) is 9.97. The molecule has 0 aromatic carbocycles. The molecule has 1 amide bonds. The summed E-state index contributed by atoms with van der Waals surface area (Å²) in [4.78, 5) is 25.4. The van der Waals surface area contributed by atoms with Crippen LogP contribution in [0.25, 0.3) is 10.6 Å². The quantitative estimate of drug-likeness (QED) is 0.658. The maximum atomic E-state index is 12.8. The fourth-order valence-corrected chi connectivity index (χ4v) is 5.54. The van der Waals surface area contributed by atoms with Gasteiger partial charge in [0.1, 0.15) is 11.6 Å². The third-order valence-electron chi connectivity index (χ3n) is 5.86. The number of carbonyl (C=O) groups is 1. The molecule has 3 aromatic rings. The molecule has 5 rings (SSSR count). The third-order valence-corrected chi connectivity index (χ3v) is 7.08. The van der Waals surface area contributed by atoms with Gasteiger partial charge in [-0.25, -0.2) is 4.98 Å². The average molecular weight is 423 g/mol. The molecule has 0 unspecified atom stereocenters. The number of nitrogen functional groups attached to an aromatic ring is 1. The summed E-state index contributed by atoms with van der Waals surface area (Å²) in [6.07, 6.45) is 5.17. The van der Waals surface area contributed by atoms with Crippen LogP contribution in [0.1, 0.15) is 33.6 Å². The molecular formula is C22H22N4O3S. The molecule has 0 radical (unpaired) electrons. The third kappa shape index (κ3) is 3.32. The minimum atomic E-state index is -0.365. The first-order valence-corrected chi connectivity index (χ1v) is 10.8. The molecule has 2 aliphatic rings. The van der Waals surface area contributed by atoms with Crippen molar-refractivity contribution in [1.82, 2.24) is 14.9 Å². The lowest BCUT2D eigenvalue weighted by Crippen LogP contribution is -2.48. The van der Waals surface area contributed by atoms with Gasteiger partial charge in [0.05, 0.1) is 34.5 Å². The Kier molecular flexibility index (Phi) is 4.67. The molecule has 3 aromatic heterocycles. The van der Waals surface area contributed by atoms with Gasteiger partial charge in [0.2, 0.25) is 0 Å². The number of thiophene rings is 1. The summed E-state index contributed by atoms with van der Waals surface area (Å²) in [5.74, 6) is 0.396. The molecule has 5 heterocycles. The maximum absolute atomic E-state index is 12.8. The number of rotatable bonds is 2. The number of fused-ring (bicyclic) bond motifs is 2. The Bertz CT molecular complexity index is 1110. The Morgan fingerprint density at radius 1 is 1.23 bits per heavy atom. The van der Waals surface area contributed by atoms with E-state index in [2.05, 4.69) is 16.0 Å². The number of hydrogen-bond donors (Lipinski definition) is 2. The summed E-state index contributed by atoms with van der Waals surface area (Å²) in [6, 6.07) is 9.33. The van der Waals surface area contributed by atoms with Crippen molar-refractivity contribution < 1.29 is 14.6 Å². The Morgan fingerprint density at radius 2 is 2.07 bits per heavy atom. The highest BCUT2D eigenvalue weighted by Crippen LogP contribution is 2.46. The van der Waals surface area contributed by atoms with Crippen molar-refractivity contribution in [3.8, 4) is 16.3 Å². The summed E-state index contributed by atoms with van der Waals surface area (Å²) in [5, 5.41) is 9.62. The zero-order valence-electron chi connectivity index (χ0n) is 16.4. The molecule has 7 nitrogen and oxygen atoms in total. The van der Waals surface area contributed by atoms with Gasteiger partial charge in [-0.2, -0.15) is 0 Å². The van der Waals surface area contributed by atoms with E-state index < -0.39 is 0 Å². The summed E-state index contributed by atoms with van der Waals surface area (Å²) in [6.45, 7) is 1.87. The van der Waals surface area contributed by atoms with Crippen LogP contribution >= 0.6 is 11.3 Å². The zero-order chi connectivity index (χ0) is 20.7. The lowest BCUT2D eigenvalue weighted by Gasteiger charge is -2.44. The number of aromatic nitrogens is 2. The predicted molar refractivity (Wildman–Crippen MR) is 114 cm³/mol. The summed E-state index contributed by atoms with van der Waals surface area (Å²) in [5.41, 5.74) is 8.02. The van der Waals surface area contributed by atoms with Crippen LogP contribution in [0.3, 0.4) is 0 Å². The number of likely N-dealkylation sites (tertiary alicyclic amines) is 1. The molecule has 30 heavy (non-hydrogen) atoms. The van der Waals surface area contributed by atoms with Gasteiger partial charge in [0.25, 0.3) is 5.91 Å². The SMILES string of the molecule is Nc1cccc(-c2cc3c(s2)CCOC32CCN(C(=O)c3cncc(O)c3)CC2)n1. The lowest BCUT2D eigenvalue weighted by molar-refractivity contribution is -0.0926. The first-order chi connectivity index (χ1) is 14.5. The topological polar surface area (TPSA) is 102 Å². The van der Waals surface area contributed by atoms with Crippen molar-refractivity contribution in [1.29, 1.82) is 0 Å². The molecule has 0 atom stereocenters. The monoisotopic (exact) mass is 422 g/mol. The van der Waals surface area contributed by atoms with Gasteiger partial charge in [-0.3, -0.25) is 9.78 Å². The van der Waals surface area contributed by atoms with Crippen LogP contribution in [0.4, 0.5) is 5.82 Å². The number of amides is 1. The highest BCUT2D eigenvalue weighted by atomic mass is 32.1. The molecule has 0 saturated carbocycles. The lowest BCUT2D eigenvalue weighted by atomic mass is 9.82. The van der Waals surface area contributed by atoms with Crippen LogP contribution in [0.15, 0.2) is 42.7 Å². The molecule has 8 heteroatoms. The average Bonchev–Trinajstić information content (AvgIpc) is 3.20. The first kappa shape index (κ1) is 19.0. The molecule has 0 bridgehead atoms. The van der Waals surface area contributed by atoms with Crippen LogP contribution in [-0.4, -0.2) is 45.6 Å². The Balaban J connectivity index is 1.38. The van der Waals surface area contributed by atoms with Crippen molar-refractivity contribution in [3.63, 3.8) is 0 Å². The van der Waals surface area contributed by atoms with Gasteiger partial charge in [-0.05, 0) is 42.7 Å². The second-order valence-electron chi connectivity index (χ2n) is 7.71. The summed E-state index contributed by atoms with van der Waals surface area (Å²) < 4.78 is 6.33. The van der Waals surface area contributed by atoms with Gasteiger partial charge >= 0.3 is 0 Å². The van der Waals surface area contributed by atoms with Crippen LogP contribution in [0.5, 0.6) is 5.75 Å². The predicted octanol–water partition coefficient (Wildman–Crippen LogP) is 3.20. The van der Waals surface area contributed by atoms with Gasteiger partial charge in [-0.1, -0.05) is 6.07 Å². The van der Waals surface area contributed by atoms with Crippen molar-refractivity contribution in [3.05, 3.63) is 58.7 Å². The minimum Gasteiger partial charge on any atom is -0.506 e. The Hall–Kier alpha value is -2.97. The highest BCUT2D eigenvalue weighted by molar-refractivity contribution is 7.15. The highest BCUT2D eigenvalue weighted by Gasteiger charge is 2.43. The van der Waals surface area contributed by atoms with E-state index in [9.17, 15) is 9.90 Å². The number of carbonyl (C=O) groups excluding carboxylic acids is 1. The van der Waals surface area contributed by atoms with Crippen molar-refractivity contribution in [2.24, 2.45) is 0 Å². The van der Waals surface area contributed by atoms with E-state index in [1.54, 1.807) is 17.4 Å². The molecule has 1 saturated heterocycles. The number of anilines is 1. The second-order valence-corrected chi connectivity index (χ2v) is 8.85. The van der Waals surface area contributed by atoms with Crippen molar-refractivity contribution >= 4 is 23.1 Å². The van der Waals surface area contributed by atoms with Gasteiger partial charge in [0.15, 0.2) is 0 Å². The van der Waals surface area contributed by atoms with Gasteiger partial charge < -0.3 is 20.5 Å². The number of nitrogens with two attached hydrogens (primary N) is 1. The Morgan fingerprint density at radius 3 is 2.83 bits per heavy atom. The van der Waals surface area contributed by atoms with E-state index in [0.29, 0.717) is 31.1 Å². The van der Waals surface area contributed by atoms with E-state index in [4.69, 9.17) is 10.5 Å². The number of aromatic hydroxyl groups is 1. The molecule has 1 spiro atoms. The number of ether oxygens (including phenoxy) is 1. The van der Waals surface area contributed by atoms with E-state index in [1.165, 1.54) is 28.9 Å². The van der Waals surface area contributed by atoms with E-state index in [0.717, 1.165) is 29.8 Å². The van der Waals surface area contributed by atoms with Crippen LogP contribution in [0.2, 0.25) is 0 Å². The number of nitrogens with zero attached hydrogens (tertiary/aromatic N) is 3. The molecule has 1 fully saturated rings. The Labute approximate surface area is 178 Å². The number of hydrogen-bond acceptors (Lipinski definition) is 7.